The van der Waals surface area contributed by atoms with Crippen LogP contribution >= 0.6 is 11.3 Å². The molecule has 1 aromatic heterocycles. The van der Waals surface area contributed by atoms with Crippen molar-refractivity contribution >= 4 is 37.1 Å². The maximum atomic E-state index is 2.41. The Kier molecular flexibility index (Phi) is 3.42. The molecule has 0 radical (unpaired) electrons. The lowest BCUT2D eigenvalue weighted by molar-refractivity contribution is 0.294. The van der Waals surface area contributed by atoms with Crippen molar-refractivity contribution in [1.29, 1.82) is 0 Å². The predicted octanol–water partition coefficient (Wildman–Crippen LogP) is 7.06. The molecule has 0 saturated heterocycles. The molecule has 0 bridgehead atoms. The van der Waals surface area contributed by atoms with Crippen molar-refractivity contribution in [3.63, 3.8) is 0 Å². The lowest BCUT2D eigenvalue weighted by Crippen LogP contribution is -2.19. The minimum atomic E-state index is 0.341. The molecule has 1 aliphatic carbocycles. The van der Waals surface area contributed by atoms with Crippen LogP contribution in [0.25, 0.3) is 25.7 Å². The van der Waals surface area contributed by atoms with E-state index >= 15 is 0 Å². The maximum Gasteiger partial charge on any atom is 0.0361 e. The van der Waals surface area contributed by atoms with Gasteiger partial charge < -0.3 is 0 Å². The van der Waals surface area contributed by atoms with Crippen molar-refractivity contribution in [1.82, 2.24) is 0 Å². The van der Waals surface area contributed by atoms with Gasteiger partial charge in [0.2, 0.25) is 0 Å². The second-order valence-corrected chi connectivity index (χ2v) is 8.62. The van der Waals surface area contributed by atoms with Crippen molar-refractivity contribution < 1.29 is 0 Å². The normalized spacial score (nSPS) is 18.6. The van der Waals surface area contributed by atoms with Gasteiger partial charge in [-0.3, -0.25) is 0 Å². The molecule has 0 nitrogen and oxygen atoms in total. The summed E-state index contributed by atoms with van der Waals surface area (Å²) in [6, 6.07) is 15.6. The Morgan fingerprint density at radius 3 is 2.48 bits per heavy atom. The van der Waals surface area contributed by atoms with E-state index in [4.69, 9.17) is 0 Å². The maximum absolute atomic E-state index is 2.41. The van der Waals surface area contributed by atoms with Crippen molar-refractivity contribution in [2.75, 3.05) is 0 Å². The number of hydrogen-bond donors (Lipinski definition) is 0. The molecule has 0 saturated carbocycles. The van der Waals surface area contributed by atoms with Gasteiger partial charge in [-0.1, -0.05) is 69.3 Å². The molecular weight excluding hydrogens is 296 g/mol. The van der Waals surface area contributed by atoms with Crippen LogP contribution in [0.15, 0.2) is 60.7 Å². The average molecular weight is 318 g/mol. The van der Waals surface area contributed by atoms with E-state index in [1.165, 1.54) is 31.3 Å². The van der Waals surface area contributed by atoms with Gasteiger partial charge >= 0.3 is 0 Å². The fraction of sp³-hybridized carbons (Fsp3) is 0.273. The van der Waals surface area contributed by atoms with Crippen molar-refractivity contribution in [2.24, 2.45) is 11.3 Å². The van der Waals surface area contributed by atoms with Gasteiger partial charge in [0, 0.05) is 20.2 Å². The minimum Gasteiger partial charge on any atom is -0.135 e. The summed E-state index contributed by atoms with van der Waals surface area (Å²) in [7, 11) is 0. The van der Waals surface area contributed by atoms with Gasteiger partial charge in [-0.15, -0.1) is 11.3 Å². The zero-order valence-corrected chi connectivity index (χ0v) is 14.8. The summed E-state index contributed by atoms with van der Waals surface area (Å²) in [5.74, 6) is 0.638. The summed E-state index contributed by atoms with van der Waals surface area (Å²) in [6.45, 7) is 6.97. The Balaban J connectivity index is 1.72. The highest BCUT2D eigenvalue weighted by atomic mass is 32.1. The first-order valence-electron chi connectivity index (χ1n) is 8.32. The van der Waals surface area contributed by atoms with Gasteiger partial charge in [0.05, 0.1) is 0 Å². The van der Waals surface area contributed by atoms with E-state index in [2.05, 4.69) is 81.5 Å². The first-order valence-corrected chi connectivity index (χ1v) is 9.14. The highest BCUT2D eigenvalue weighted by Crippen LogP contribution is 2.38. The zero-order chi connectivity index (χ0) is 16.0. The van der Waals surface area contributed by atoms with Crippen LogP contribution in [-0.4, -0.2) is 0 Å². The number of fused-ring (bicyclic) bond motifs is 3. The Hall–Kier alpha value is -1.86. The topological polar surface area (TPSA) is 0 Å². The average Bonchev–Trinajstić information content (AvgIpc) is 2.92. The summed E-state index contributed by atoms with van der Waals surface area (Å²) in [5, 5.41) is 2.75. The Morgan fingerprint density at radius 2 is 1.74 bits per heavy atom. The van der Waals surface area contributed by atoms with Crippen molar-refractivity contribution in [2.45, 2.75) is 27.2 Å². The molecule has 0 aliphatic heterocycles. The molecule has 1 heteroatoms. The summed E-state index contributed by atoms with van der Waals surface area (Å²) in [6.07, 6.45) is 8.25. The highest BCUT2D eigenvalue weighted by Gasteiger charge is 2.23. The SMILES string of the molecule is CC(C)(C)C1C=CC(c2ccc3c(c2)sc2ccccc23)=CC1. The van der Waals surface area contributed by atoms with E-state index in [9.17, 15) is 0 Å². The summed E-state index contributed by atoms with van der Waals surface area (Å²) < 4.78 is 2.76. The number of allylic oxidation sites excluding steroid dienone is 4. The van der Waals surface area contributed by atoms with E-state index in [0.29, 0.717) is 11.3 Å². The molecule has 0 N–H and O–H groups in total. The molecule has 4 rings (SSSR count). The fourth-order valence-electron chi connectivity index (χ4n) is 3.38. The van der Waals surface area contributed by atoms with E-state index in [1.54, 1.807) is 0 Å². The monoisotopic (exact) mass is 318 g/mol. The number of thiophene rings is 1. The van der Waals surface area contributed by atoms with Gasteiger partial charge in [0.25, 0.3) is 0 Å². The molecule has 1 aliphatic rings. The highest BCUT2D eigenvalue weighted by molar-refractivity contribution is 7.25. The van der Waals surface area contributed by atoms with Crippen LogP contribution < -0.4 is 0 Å². The molecule has 1 atom stereocenters. The Bertz CT molecular complexity index is 931. The van der Waals surface area contributed by atoms with Crippen LogP contribution in [0, 0.1) is 11.3 Å². The Labute approximate surface area is 142 Å². The first-order chi connectivity index (χ1) is 11.0. The van der Waals surface area contributed by atoms with Crippen molar-refractivity contribution in [3.8, 4) is 0 Å². The molecule has 0 spiro atoms. The van der Waals surface area contributed by atoms with Gasteiger partial charge in [-0.2, -0.15) is 0 Å². The third-order valence-corrected chi connectivity index (χ3v) is 6.06. The third kappa shape index (κ3) is 2.64. The van der Waals surface area contributed by atoms with Crippen LogP contribution in [-0.2, 0) is 0 Å². The standard InChI is InChI=1S/C22H22S/c1-22(2,3)17-11-8-15(9-12-17)16-10-13-19-18-6-4-5-7-20(18)23-21(19)14-16/h4-11,13-14,17H,12H2,1-3H3. The van der Waals surface area contributed by atoms with E-state index in [1.807, 2.05) is 11.3 Å². The molecular formula is C22H22S. The summed E-state index contributed by atoms with van der Waals surface area (Å²) in [5.41, 5.74) is 3.05. The molecule has 0 fully saturated rings. The second-order valence-electron chi connectivity index (χ2n) is 7.54. The molecule has 2 aromatic carbocycles. The van der Waals surface area contributed by atoms with Crippen molar-refractivity contribution in [3.05, 3.63) is 66.3 Å². The minimum absolute atomic E-state index is 0.341. The smallest absolute Gasteiger partial charge is 0.0361 e. The molecule has 116 valence electrons. The third-order valence-electron chi connectivity index (χ3n) is 4.92. The van der Waals surface area contributed by atoms with Gasteiger partial charge in [0.15, 0.2) is 0 Å². The van der Waals surface area contributed by atoms with Gasteiger partial charge in [-0.05, 0) is 41.0 Å². The quantitative estimate of drug-likeness (QED) is 0.450. The van der Waals surface area contributed by atoms with Crippen LogP contribution in [0.2, 0.25) is 0 Å². The molecule has 23 heavy (non-hydrogen) atoms. The van der Waals surface area contributed by atoms with Crippen LogP contribution in [0.4, 0.5) is 0 Å². The fourth-order valence-corrected chi connectivity index (χ4v) is 4.53. The van der Waals surface area contributed by atoms with Gasteiger partial charge in [-0.25, -0.2) is 0 Å². The first kappa shape index (κ1) is 14.7. The van der Waals surface area contributed by atoms with E-state index in [-0.39, 0.29) is 0 Å². The van der Waals surface area contributed by atoms with Crippen LogP contribution in [0.5, 0.6) is 0 Å². The van der Waals surface area contributed by atoms with Crippen LogP contribution in [0.3, 0.4) is 0 Å². The number of hydrogen-bond acceptors (Lipinski definition) is 1. The Morgan fingerprint density at radius 1 is 0.957 bits per heavy atom. The molecule has 3 aromatic rings. The number of benzene rings is 2. The summed E-state index contributed by atoms with van der Waals surface area (Å²) >= 11 is 1.89. The molecule has 1 unspecified atom stereocenters. The zero-order valence-electron chi connectivity index (χ0n) is 14.0. The number of rotatable bonds is 1. The lowest BCUT2D eigenvalue weighted by atomic mass is 9.76. The largest absolute Gasteiger partial charge is 0.135 e. The summed E-state index contributed by atoms with van der Waals surface area (Å²) in [4.78, 5) is 0. The lowest BCUT2D eigenvalue weighted by Gasteiger charge is -2.29. The predicted molar refractivity (Wildman–Crippen MR) is 104 cm³/mol. The van der Waals surface area contributed by atoms with Crippen LogP contribution in [0.1, 0.15) is 32.8 Å². The molecule has 1 heterocycles. The van der Waals surface area contributed by atoms with Gasteiger partial charge in [0.1, 0.15) is 0 Å². The van der Waals surface area contributed by atoms with E-state index < -0.39 is 0 Å². The van der Waals surface area contributed by atoms with E-state index in [0.717, 1.165) is 6.42 Å². The second kappa shape index (κ2) is 5.35. The molecule has 0 amide bonds.